The molecule has 132 valence electrons. The minimum absolute atomic E-state index is 0.111. The molecule has 0 saturated heterocycles. The van der Waals surface area contributed by atoms with Gasteiger partial charge in [-0.1, -0.05) is 37.3 Å². The average Bonchev–Trinajstić information content (AvgIpc) is 2.64. The topological polar surface area (TPSA) is 96.6 Å². The second-order valence-corrected chi connectivity index (χ2v) is 5.72. The fourth-order valence-corrected chi connectivity index (χ4v) is 2.59. The van der Waals surface area contributed by atoms with Crippen LogP contribution < -0.4 is 11.0 Å². The van der Waals surface area contributed by atoms with Crippen LogP contribution in [0.15, 0.2) is 58.4 Å². The minimum Gasteiger partial charge on any atom is -0.508 e. The van der Waals surface area contributed by atoms with Crippen LogP contribution in [0.1, 0.15) is 29.4 Å². The minimum atomic E-state index is -0.512. The number of nitrogens with zero attached hydrogens (tertiary/aromatic N) is 3. The molecule has 2 aromatic carbocycles. The van der Waals surface area contributed by atoms with Gasteiger partial charge in [-0.25, -0.2) is 10.1 Å². The molecule has 0 spiro atoms. The Labute approximate surface area is 149 Å². The van der Waals surface area contributed by atoms with Crippen LogP contribution in [-0.4, -0.2) is 27.0 Å². The third-order valence-corrected chi connectivity index (χ3v) is 3.77. The number of phenols is 1. The van der Waals surface area contributed by atoms with Crippen molar-refractivity contribution < 1.29 is 9.90 Å². The van der Waals surface area contributed by atoms with E-state index in [1.165, 1.54) is 17.0 Å². The Kier molecular flexibility index (Phi) is 5.07. The SMILES string of the molecule is CCCn1nc(C(=O)N/N=C/c2cccc(O)c2)c2ccccc2c1=O. The van der Waals surface area contributed by atoms with Crippen molar-refractivity contribution in [2.24, 2.45) is 5.10 Å². The molecule has 0 aliphatic heterocycles. The normalized spacial score (nSPS) is 11.1. The van der Waals surface area contributed by atoms with Crippen molar-refractivity contribution in [3.8, 4) is 5.75 Å². The maximum atomic E-state index is 12.5. The van der Waals surface area contributed by atoms with Crippen molar-refractivity contribution in [3.05, 3.63) is 70.1 Å². The highest BCUT2D eigenvalue weighted by molar-refractivity contribution is 6.04. The Morgan fingerprint density at radius 1 is 1.23 bits per heavy atom. The zero-order valence-electron chi connectivity index (χ0n) is 14.2. The van der Waals surface area contributed by atoms with Gasteiger partial charge in [0.1, 0.15) is 5.75 Å². The van der Waals surface area contributed by atoms with E-state index >= 15 is 0 Å². The fourth-order valence-electron chi connectivity index (χ4n) is 2.59. The molecule has 1 heterocycles. The van der Waals surface area contributed by atoms with E-state index < -0.39 is 5.91 Å². The van der Waals surface area contributed by atoms with E-state index in [9.17, 15) is 14.7 Å². The number of hydrogen-bond acceptors (Lipinski definition) is 5. The number of phenolic OH excluding ortho intramolecular Hbond substituents is 1. The van der Waals surface area contributed by atoms with E-state index in [2.05, 4.69) is 15.6 Å². The van der Waals surface area contributed by atoms with Crippen LogP contribution in [0.2, 0.25) is 0 Å². The van der Waals surface area contributed by atoms with Crippen LogP contribution in [0.3, 0.4) is 0 Å². The van der Waals surface area contributed by atoms with Crippen molar-refractivity contribution >= 4 is 22.9 Å². The van der Waals surface area contributed by atoms with Crippen LogP contribution in [-0.2, 0) is 6.54 Å². The van der Waals surface area contributed by atoms with Gasteiger partial charge in [0.15, 0.2) is 5.69 Å². The van der Waals surface area contributed by atoms with E-state index in [-0.39, 0.29) is 17.0 Å². The molecule has 0 fully saturated rings. The quantitative estimate of drug-likeness (QED) is 0.545. The standard InChI is InChI=1S/C19H18N4O3/c1-2-10-23-19(26)16-9-4-3-8-15(16)17(22-23)18(25)21-20-12-13-6-5-7-14(24)11-13/h3-9,11-12,24H,2,10H2,1H3,(H,21,25)/b20-12+. The van der Waals surface area contributed by atoms with Gasteiger partial charge in [-0.3, -0.25) is 9.59 Å². The number of nitrogens with one attached hydrogen (secondary N) is 1. The molecular formula is C19H18N4O3. The third-order valence-electron chi connectivity index (χ3n) is 3.77. The molecule has 0 atom stereocenters. The molecule has 0 unspecified atom stereocenters. The second kappa shape index (κ2) is 7.60. The summed E-state index contributed by atoms with van der Waals surface area (Å²) in [5, 5.41) is 18.5. The third kappa shape index (κ3) is 3.61. The molecule has 1 amide bonds. The lowest BCUT2D eigenvalue weighted by atomic mass is 10.1. The van der Waals surface area contributed by atoms with Gasteiger partial charge in [0.25, 0.3) is 11.5 Å². The number of carbonyl (C=O) groups excluding carboxylic acids is 1. The number of benzene rings is 2. The number of rotatable bonds is 5. The van der Waals surface area contributed by atoms with Crippen molar-refractivity contribution in [3.63, 3.8) is 0 Å². The number of carbonyl (C=O) groups is 1. The van der Waals surface area contributed by atoms with Crippen molar-refractivity contribution in [2.75, 3.05) is 0 Å². The molecule has 7 nitrogen and oxygen atoms in total. The molecule has 26 heavy (non-hydrogen) atoms. The van der Waals surface area contributed by atoms with Gasteiger partial charge in [-0.15, -0.1) is 0 Å². The summed E-state index contributed by atoms with van der Waals surface area (Å²) in [5.74, 6) is -0.401. The molecule has 3 rings (SSSR count). The van der Waals surface area contributed by atoms with Crippen LogP contribution in [0.4, 0.5) is 0 Å². The molecule has 7 heteroatoms. The number of aryl methyl sites for hydroxylation is 1. The van der Waals surface area contributed by atoms with Crippen LogP contribution >= 0.6 is 0 Å². The lowest BCUT2D eigenvalue weighted by molar-refractivity contribution is 0.0949. The summed E-state index contributed by atoms with van der Waals surface area (Å²) < 4.78 is 1.30. The molecule has 0 aliphatic carbocycles. The number of fused-ring (bicyclic) bond motifs is 1. The fraction of sp³-hybridized carbons (Fsp3) is 0.158. The summed E-state index contributed by atoms with van der Waals surface area (Å²) in [6.45, 7) is 2.36. The van der Waals surface area contributed by atoms with Gasteiger partial charge in [0.05, 0.1) is 11.6 Å². The number of hydrogen-bond donors (Lipinski definition) is 2. The Bertz CT molecular complexity index is 1040. The van der Waals surface area contributed by atoms with Crippen molar-refractivity contribution in [2.45, 2.75) is 19.9 Å². The Morgan fingerprint density at radius 3 is 2.73 bits per heavy atom. The Morgan fingerprint density at radius 2 is 2.00 bits per heavy atom. The summed E-state index contributed by atoms with van der Waals surface area (Å²) in [6, 6.07) is 13.3. The van der Waals surface area contributed by atoms with Crippen molar-refractivity contribution in [1.82, 2.24) is 15.2 Å². The maximum absolute atomic E-state index is 12.5. The van der Waals surface area contributed by atoms with Crippen LogP contribution in [0.5, 0.6) is 5.75 Å². The monoisotopic (exact) mass is 350 g/mol. The smallest absolute Gasteiger partial charge is 0.292 e. The van der Waals surface area contributed by atoms with E-state index in [0.717, 1.165) is 6.42 Å². The van der Waals surface area contributed by atoms with Gasteiger partial charge < -0.3 is 5.11 Å². The molecule has 1 aromatic heterocycles. The predicted octanol–water partition coefficient (Wildman–Crippen LogP) is 2.28. The average molecular weight is 350 g/mol. The summed E-state index contributed by atoms with van der Waals surface area (Å²) in [5.41, 5.74) is 2.98. The van der Waals surface area contributed by atoms with E-state index in [1.54, 1.807) is 42.5 Å². The number of amides is 1. The first kappa shape index (κ1) is 17.3. The summed E-state index contributed by atoms with van der Waals surface area (Å²) in [6.07, 6.45) is 2.14. The highest BCUT2D eigenvalue weighted by atomic mass is 16.3. The number of aromatic hydroxyl groups is 1. The van der Waals surface area contributed by atoms with Gasteiger partial charge in [-0.2, -0.15) is 10.2 Å². The molecule has 0 radical (unpaired) electrons. The van der Waals surface area contributed by atoms with E-state index in [4.69, 9.17) is 0 Å². The zero-order chi connectivity index (χ0) is 18.5. The van der Waals surface area contributed by atoms with Crippen LogP contribution in [0, 0.1) is 0 Å². The Hall–Kier alpha value is -3.48. The largest absolute Gasteiger partial charge is 0.508 e. The molecular weight excluding hydrogens is 332 g/mol. The maximum Gasteiger partial charge on any atom is 0.292 e. The van der Waals surface area contributed by atoms with Gasteiger partial charge >= 0.3 is 0 Å². The molecule has 2 N–H and O–H groups in total. The van der Waals surface area contributed by atoms with E-state index in [1.807, 2.05) is 6.92 Å². The summed E-state index contributed by atoms with van der Waals surface area (Å²) >= 11 is 0. The first-order valence-electron chi connectivity index (χ1n) is 8.22. The highest BCUT2D eigenvalue weighted by Crippen LogP contribution is 2.13. The second-order valence-electron chi connectivity index (χ2n) is 5.72. The highest BCUT2D eigenvalue weighted by Gasteiger charge is 2.15. The van der Waals surface area contributed by atoms with Gasteiger partial charge in [0.2, 0.25) is 0 Å². The van der Waals surface area contributed by atoms with Crippen LogP contribution in [0.25, 0.3) is 10.8 Å². The molecule has 3 aromatic rings. The lowest BCUT2D eigenvalue weighted by Gasteiger charge is -2.09. The first-order chi connectivity index (χ1) is 12.6. The number of hydrazone groups is 1. The van der Waals surface area contributed by atoms with Gasteiger partial charge in [0, 0.05) is 11.9 Å². The Balaban J connectivity index is 1.92. The van der Waals surface area contributed by atoms with E-state index in [0.29, 0.717) is 22.9 Å². The molecule has 0 bridgehead atoms. The lowest BCUT2D eigenvalue weighted by Crippen LogP contribution is -2.29. The first-order valence-corrected chi connectivity index (χ1v) is 8.22. The van der Waals surface area contributed by atoms with Gasteiger partial charge in [-0.05, 0) is 30.2 Å². The van der Waals surface area contributed by atoms with Crippen molar-refractivity contribution in [1.29, 1.82) is 0 Å². The zero-order valence-corrected chi connectivity index (χ0v) is 14.2. The summed E-state index contributed by atoms with van der Waals surface area (Å²) in [7, 11) is 0. The summed E-state index contributed by atoms with van der Waals surface area (Å²) in [4.78, 5) is 25.0. The molecule has 0 aliphatic rings. The molecule has 0 saturated carbocycles. The predicted molar refractivity (Wildman–Crippen MR) is 99.5 cm³/mol. The number of aromatic nitrogens is 2.